The van der Waals surface area contributed by atoms with E-state index in [9.17, 15) is 14.9 Å². The predicted octanol–water partition coefficient (Wildman–Crippen LogP) is 2.82. The Balaban J connectivity index is 3.52. The second-order valence-corrected chi connectivity index (χ2v) is 4.12. The van der Waals surface area contributed by atoms with Crippen LogP contribution in [0.25, 0.3) is 0 Å². The molecule has 1 aromatic rings. The lowest BCUT2D eigenvalue weighted by atomic mass is 10.2. The van der Waals surface area contributed by atoms with Gasteiger partial charge in [-0.25, -0.2) is 4.79 Å². The molecule has 0 heterocycles. The number of nitro groups is 1. The molecule has 0 amide bonds. The van der Waals surface area contributed by atoms with Crippen LogP contribution in [-0.4, -0.2) is 16.0 Å². The quantitative estimate of drug-likeness (QED) is 0.670. The molecular formula is C7H3Br2NO4. The van der Waals surface area contributed by atoms with E-state index in [-0.39, 0.29) is 10.0 Å². The SMILES string of the molecule is O=C(O)c1cc(Br)cc(Br)c1[N+](=O)[O-]. The molecule has 0 atom stereocenters. The van der Waals surface area contributed by atoms with Crippen LogP contribution in [0.2, 0.25) is 0 Å². The zero-order chi connectivity index (χ0) is 10.9. The maximum atomic E-state index is 10.7. The Bertz CT molecular complexity index is 418. The van der Waals surface area contributed by atoms with Crippen molar-refractivity contribution in [3.05, 3.63) is 36.8 Å². The number of hydrogen-bond donors (Lipinski definition) is 1. The van der Waals surface area contributed by atoms with E-state index in [2.05, 4.69) is 31.9 Å². The molecule has 0 aliphatic carbocycles. The number of rotatable bonds is 2. The average molecular weight is 325 g/mol. The van der Waals surface area contributed by atoms with Gasteiger partial charge in [0.25, 0.3) is 5.69 Å². The van der Waals surface area contributed by atoms with Gasteiger partial charge in [-0.1, -0.05) is 15.9 Å². The summed E-state index contributed by atoms with van der Waals surface area (Å²) in [6, 6.07) is 2.61. The largest absolute Gasteiger partial charge is 0.477 e. The molecule has 1 rings (SSSR count). The van der Waals surface area contributed by atoms with E-state index >= 15 is 0 Å². The zero-order valence-electron chi connectivity index (χ0n) is 6.53. The molecule has 5 nitrogen and oxygen atoms in total. The summed E-state index contributed by atoms with van der Waals surface area (Å²) in [6.45, 7) is 0. The molecule has 0 fully saturated rings. The molecular weight excluding hydrogens is 322 g/mol. The third-order valence-corrected chi connectivity index (χ3v) is 2.50. The number of halogens is 2. The van der Waals surface area contributed by atoms with Gasteiger partial charge in [-0.2, -0.15) is 0 Å². The molecule has 74 valence electrons. The van der Waals surface area contributed by atoms with Crippen molar-refractivity contribution < 1.29 is 14.8 Å². The maximum Gasteiger partial charge on any atom is 0.342 e. The monoisotopic (exact) mass is 323 g/mol. The van der Waals surface area contributed by atoms with Gasteiger partial charge in [0.05, 0.1) is 9.40 Å². The summed E-state index contributed by atoms with van der Waals surface area (Å²) >= 11 is 5.98. The van der Waals surface area contributed by atoms with Gasteiger partial charge in [0.2, 0.25) is 0 Å². The van der Waals surface area contributed by atoms with Crippen LogP contribution < -0.4 is 0 Å². The number of hydrogen-bond acceptors (Lipinski definition) is 3. The molecule has 1 N–H and O–H groups in total. The summed E-state index contributed by atoms with van der Waals surface area (Å²) in [7, 11) is 0. The smallest absolute Gasteiger partial charge is 0.342 e. The topological polar surface area (TPSA) is 80.4 Å². The molecule has 0 spiro atoms. The number of benzene rings is 1. The number of aromatic carboxylic acids is 1. The number of carboxylic acid groups (broad SMARTS) is 1. The minimum absolute atomic E-state index is 0.134. The first kappa shape index (κ1) is 11.1. The van der Waals surface area contributed by atoms with E-state index in [4.69, 9.17) is 5.11 Å². The van der Waals surface area contributed by atoms with Crippen LogP contribution in [0.15, 0.2) is 21.1 Å². The lowest BCUT2D eigenvalue weighted by Crippen LogP contribution is -2.03. The van der Waals surface area contributed by atoms with E-state index in [1.807, 2.05) is 0 Å². The summed E-state index contributed by atoms with van der Waals surface area (Å²) in [5.41, 5.74) is -0.794. The molecule has 0 radical (unpaired) electrons. The third-order valence-electron chi connectivity index (χ3n) is 1.44. The molecule has 0 saturated heterocycles. The van der Waals surface area contributed by atoms with E-state index in [1.54, 1.807) is 0 Å². The summed E-state index contributed by atoms with van der Waals surface area (Å²) in [4.78, 5) is 20.5. The molecule has 7 heteroatoms. The third kappa shape index (κ3) is 2.10. The molecule has 0 aromatic heterocycles. The van der Waals surface area contributed by atoms with Gasteiger partial charge in [-0.05, 0) is 28.1 Å². The normalized spacial score (nSPS) is 9.86. The minimum atomic E-state index is -1.33. The van der Waals surface area contributed by atoms with Crippen molar-refractivity contribution in [3.8, 4) is 0 Å². The van der Waals surface area contributed by atoms with E-state index in [0.717, 1.165) is 0 Å². The van der Waals surface area contributed by atoms with Crippen LogP contribution >= 0.6 is 31.9 Å². The molecule has 14 heavy (non-hydrogen) atoms. The second kappa shape index (κ2) is 4.05. The summed E-state index contributed by atoms with van der Waals surface area (Å²) in [5, 5.41) is 19.3. The highest BCUT2D eigenvalue weighted by Crippen LogP contribution is 2.32. The van der Waals surface area contributed by atoms with Crippen molar-refractivity contribution >= 4 is 43.5 Å². The Kier molecular flexibility index (Phi) is 3.22. The van der Waals surface area contributed by atoms with Crippen molar-refractivity contribution in [2.45, 2.75) is 0 Å². The van der Waals surface area contributed by atoms with Crippen LogP contribution in [-0.2, 0) is 0 Å². The van der Waals surface area contributed by atoms with Crippen molar-refractivity contribution in [1.29, 1.82) is 0 Å². The van der Waals surface area contributed by atoms with Gasteiger partial charge in [0.15, 0.2) is 0 Å². The summed E-state index contributed by atoms with van der Waals surface area (Å²) < 4.78 is 0.599. The fourth-order valence-electron chi connectivity index (χ4n) is 0.915. The lowest BCUT2D eigenvalue weighted by molar-refractivity contribution is -0.386. The highest BCUT2D eigenvalue weighted by Gasteiger charge is 2.23. The Morgan fingerprint density at radius 2 is 2.00 bits per heavy atom. The first-order valence-corrected chi connectivity index (χ1v) is 4.89. The zero-order valence-corrected chi connectivity index (χ0v) is 9.70. The van der Waals surface area contributed by atoms with Gasteiger partial charge < -0.3 is 5.11 Å². The lowest BCUT2D eigenvalue weighted by Gasteiger charge is -2.00. The average Bonchev–Trinajstić information content (AvgIpc) is 2.01. The van der Waals surface area contributed by atoms with Gasteiger partial charge in [-0.15, -0.1) is 0 Å². The highest BCUT2D eigenvalue weighted by molar-refractivity contribution is 9.11. The number of nitrogens with zero attached hydrogens (tertiary/aromatic N) is 1. The van der Waals surface area contributed by atoms with Crippen molar-refractivity contribution in [1.82, 2.24) is 0 Å². The fourth-order valence-corrected chi connectivity index (χ4v) is 2.28. The first-order chi connectivity index (χ1) is 6.43. The van der Waals surface area contributed by atoms with Crippen LogP contribution in [0.5, 0.6) is 0 Å². The van der Waals surface area contributed by atoms with E-state index < -0.39 is 16.6 Å². The van der Waals surface area contributed by atoms with Crippen LogP contribution in [0, 0.1) is 10.1 Å². The second-order valence-electron chi connectivity index (χ2n) is 2.35. The van der Waals surface area contributed by atoms with Gasteiger partial charge in [0.1, 0.15) is 5.56 Å². The Morgan fingerprint density at radius 3 is 2.43 bits per heavy atom. The Labute approximate surface area is 95.1 Å². The highest BCUT2D eigenvalue weighted by atomic mass is 79.9. The van der Waals surface area contributed by atoms with Crippen molar-refractivity contribution in [2.75, 3.05) is 0 Å². The molecule has 0 bridgehead atoms. The van der Waals surface area contributed by atoms with Crippen LogP contribution in [0.4, 0.5) is 5.69 Å². The Morgan fingerprint density at radius 1 is 1.43 bits per heavy atom. The van der Waals surface area contributed by atoms with Crippen LogP contribution in [0.3, 0.4) is 0 Å². The number of carbonyl (C=O) groups is 1. The van der Waals surface area contributed by atoms with E-state index in [0.29, 0.717) is 4.47 Å². The van der Waals surface area contributed by atoms with E-state index in [1.165, 1.54) is 12.1 Å². The molecule has 0 unspecified atom stereocenters. The minimum Gasteiger partial charge on any atom is -0.477 e. The molecule has 0 aliphatic heterocycles. The number of nitro benzene ring substituents is 1. The molecule has 1 aromatic carbocycles. The summed E-state index contributed by atoms with van der Waals surface area (Å²) in [5.74, 6) is -1.33. The Hall–Kier alpha value is -0.950. The fraction of sp³-hybridized carbons (Fsp3) is 0. The van der Waals surface area contributed by atoms with Gasteiger partial charge in [-0.3, -0.25) is 10.1 Å². The van der Waals surface area contributed by atoms with Crippen molar-refractivity contribution in [3.63, 3.8) is 0 Å². The standard InChI is InChI=1S/C7H3Br2NO4/c8-3-1-4(7(11)12)6(10(13)14)5(9)2-3/h1-2H,(H,11,12). The van der Waals surface area contributed by atoms with Crippen LogP contribution in [0.1, 0.15) is 10.4 Å². The summed E-state index contributed by atoms with van der Waals surface area (Å²) in [6.07, 6.45) is 0. The molecule has 0 saturated carbocycles. The number of carboxylic acids is 1. The van der Waals surface area contributed by atoms with Gasteiger partial charge >= 0.3 is 5.97 Å². The maximum absolute atomic E-state index is 10.7. The van der Waals surface area contributed by atoms with Gasteiger partial charge in [0, 0.05) is 4.47 Å². The van der Waals surface area contributed by atoms with Crippen molar-refractivity contribution in [2.24, 2.45) is 0 Å². The molecule has 0 aliphatic rings. The first-order valence-electron chi connectivity index (χ1n) is 3.30. The predicted molar refractivity (Wildman–Crippen MR) is 55.5 cm³/mol.